The fraction of sp³-hybridized carbons (Fsp3) is 0.348. The molecule has 2 aliphatic heterocycles. The van der Waals surface area contributed by atoms with Crippen LogP contribution in [0.15, 0.2) is 48.5 Å². The third-order valence-corrected chi connectivity index (χ3v) is 6.22. The predicted octanol–water partition coefficient (Wildman–Crippen LogP) is 2.83. The SMILES string of the molecule is Cc1cccc(CN2C[C@@H]3CN(C(=O)c4cc(-c5ccccc5O)n[nH]4)CC[C@@H]32)n1. The molecule has 3 aromatic rings. The predicted molar refractivity (Wildman–Crippen MR) is 113 cm³/mol. The molecule has 30 heavy (non-hydrogen) atoms. The van der Waals surface area contributed by atoms with Gasteiger partial charge in [0.15, 0.2) is 0 Å². The first-order valence-electron chi connectivity index (χ1n) is 10.4. The maximum atomic E-state index is 13.0. The van der Waals surface area contributed by atoms with Gasteiger partial charge in [0.2, 0.25) is 0 Å². The van der Waals surface area contributed by atoms with E-state index in [2.05, 4.69) is 32.2 Å². The van der Waals surface area contributed by atoms with E-state index in [9.17, 15) is 9.90 Å². The maximum absolute atomic E-state index is 13.0. The maximum Gasteiger partial charge on any atom is 0.271 e. The normalized spacial score (nSPS) is 21.2. The van der Waals surface area contributed by atoms with E-state index < -0.39 is 0 Å². The van der Waals surface area contributed by atoms with Crippen LogP contribution in [0.1, 0.15) is 28.3 Å². The van der Waals surface area contributed by atoms with Gasteiger partial charge in [0, 0.05) is 49.4 Å². The third-order valence-electron chi connectivity index (χ3n) is 6.22. The number of aromatic nitrogens is 3. The molecular weight excluding hydrogens is 378 g/mol. The lowest BCUT2D eigenvalue weighted by Crippen LogP contribution is -2.63. The number of nitrogens with zero attached hydrogens (tertiary/aromatic N) is 4. The highest BCUT2D eigenvalue weighted by Crippen LogP contribution is 2.34. The van der Waals surface area contributed by atoms with E-state index in [1.165, 1.54) is 0 Å². The van der Waals surface area contributed by atoms with Crippen molar-refractivity contribution >= 4 is 5.91 Å². The molecule has 2 N–H and O–H groups in total. The number of fused-ring (bicyclic) bond motifs is 1. The second kappa shape index (κ2) is 7.57. The number of hydrogen-bond donors (Lipinski definition) is 2. The molecule has 2 aliphatic rings. The zero-order valence-electron chi connectivity index (χ0n) is 17.0. The molecule has 2 fully saturated rings. The first-order valence-corrected chi connectivity index (χ1v) is 10.4. The molecule has 0 unspecified atom stereocenters. The van der Waals surface area contributed by atoms with E-state index >= 15 is 0 Å². The van der Waals surface area contributed by atoms with Gasteiger partial charge in [-0.05, 0) is 43.7 Å². The minimum Gasteiger partial charge on any atom is -0.507 e. The Bertz CT molecular complexity index is 1080. The van der Waals surface area contributed by atoms with Crippen molar-refractivity contribution in [3.05, 3.63) is 65.6 Å². The molecule has 2 aromatic heterocycles. The quantitative estimate of drug-likeness (QED) is 0.700. The lowest BCUT2D eigenvalue weighted by Gasteiger charge is -2.53. The summed E-state index contributed by atoms with van der Waals surface area (Å²) >= 11 is 0. The smallest absolute Gasteiger partial charge is 0.271 e. The van der Waals surface area contributed by atoms with Gasteiger partial charge in [0.1, 0.15) is 11.4 Å². The summed E-state index contributed by atoms with van der Waals surface area (Å²) in [5.41, 5.74) is 3.82. The molecule has 1 aromatic carbocycles. The molecule has 7 nitrogen and oxygen atoms in total. The monoisotopic (exact) mass is 403 g/mol. The number of H-pyrrole nitrogens is 1. The van der Waals surface area contributed by atoms with Crippen LogP contribution in [-0.2, 0) is 6.54 Å². The topological polar surface area (TPSA) is 85.4 Å². The van der Waals surface area contributed by atoms with Crippen LogP contribution in [0.5, 0.6) is 5.75 Å². The lowest BCUT2D eigenvalue weighted by molar-refractivity contribution is -0.0429. The van der Waals surface area contributed by atoms with Crippen molar-refractivity contribution < 1.29 is 9.90 Å². The Morgan fingerprint density at radius 2 is 2.07 bits per heavy atom. The molecule has 0 radical (unpaired) electrons. The zero-order valence-corrected chi connectivity index (χ0v) is 17.0. The summed E-state index contributed by atoms with van der Waals surface area (Å²) in [6.45, 7) is 5.40. The summed E-state index contributed by atoms with van der Waals surface area (Å²) in [6.07, 6.45) is 0.975. The van der Waals surface area contributed by atoms with Crippen molar-refractivity contribution in [2.24, 2.45) is 5.92 Å². The Labute approximate surface area is 175 Å². The van der Waals surface area contributed by atoms with Gasteiger partial charge in [0.05, 0.1) is 11.4 Å². The number of aryl methyl sites for hydroxylation is 1. The summed E-state index contributed by atoms with van der Waals surface area (Å²) in [4.78, 5) is 22.0. The standard InChI is InChI=1S/C23H25N5O2/c1-15-5-4-6-17(24-15)14-28-13-16-12-27(10-9-21(16)28)23(30)20-11-19(25-26-20)18-7-2-3-8-22(18)29/h2-8,11,16,21,29H,9-10,12-14H2,1H3,(H,25,26)/t16-,21-/m0/s1. The first-order chi connectivity index (χ1) is 14.6. The Morgan fingerprint density at radius 3 is 2.87 bits per heavy atom. The van der Waals surface area contributed by atoms with Crippen LogP contribution in [-0.4, -0.2) is 61.7 Å². The van der Waals surface area contributed by atoms with Gasteiger partial charge < -0.3 is 10.0 Å². The fourth-order valence-corrected chi connectivity index (χ4v) is 4.67. The number of pyridine rings is 1. The molecule has 2 saturated heterocycles. The van der Waals surface area contributed by atoms with Crippen molar-refractivity contribution in [3.63, 3.8) is 0 Å². The van der Waals surface area contributed by atoms with Crippen LogP contribution in [0.4, 0.5) is 0 Å². The molecule has 0 spiro atoms. The Hall–Kier alpha value is -3.19. The Balaban J connectivity index is 1.21. The number of phenols is 1. The molecule has 0 saturated carbocycles. The summed E-state index contributed by atoms with van der Waals surface area (Å²) in [5.74, 6) is 0.635. The van der Waals surface area contributed by atoms with Gasteiger partial charge in [-0.15, -0.1) is 0 Å². The van der Waals surface area contributed by atoms with Gasteiger partial charge in [-0.25, -0.2) is 0 Å². The molecule has 2 atom stereocenters. The number of nitrogens with one attached hydrogen (secondary N) is 1. The van der Waals surface area contributed by atoms with Crippen LogP contribution in [0.25, 0.3) is 11.3 Å². The second-order valence-corrected chi connectivity index (χ2v) is 8.25. The van der Waals surface area contributed by atoms with Crippen molar-refractivity contribution in [1.29, 1.82) is 0 Å². The highest BCUT2D eigenvalue weighted by molar-refractivity contribution is 5.93. The minimum absolute atomic E-state index is 0.0265. The average Bonchev–Trinajstić information content (AvgIpc) is 3.21. The molecule has 4 heterocycles. The van der Waals surface area contributed by atoms with Gasteiger partial charge in [-0.1, -0.05) is 18.2 Å². The number of aromatic hydroxyl groups is 1. The highest BCUT2D eigenvalue weighted by atomic mass is 16.3. The number of piperidine rings is 1. The zero-order chi connectivity index (χ0) is 20.7. The number of amides is 1. The number of likely N-dealkylation sites (tertiary alicyclic amines) is 2. The van der Waals surface area contributed by atoms with E-state index in [0.717, 1.165) is 44.0 Å². The molecule has 0 bridgehead atoms. The number of rotatable bonds is 4. The molecule has 1 amide bonds. The second-order valence-electron chi connectivity index (χ2n) is 8.25. The van der Waals surface area contributed by atoms with Gasteiger partial charge in [-0.2, -0.15) is 5.10 Å². The Kier molecular flexibility index (Phi) is 4.75. The van der Waals surface area contributed by atoms with Crippen molar-refractivity contribution in [2.75, 3.05) is 19.6 Å². The summed E-state index contributed by atoms with van der Waals surface area (Å²) in [6, 6.07) is 15.4. The van der Waals surface area contributed by atoms with Crippen molar-refractivity contribution in [2.45, 2.75) is 25.9 Å². The largest absolute Gasteiger partial charge is 0.507 e. The van der Waals surface area contributed by atoms with Crippen LogP contribution in [0, 0.1) is 12.8 Å². The number of carbonyl (C=O) groups is 1. The van der Waals surface area contributed by atoms with E-state index in [4.69, 9.17) is 0 Å². The average molecular weight is 403 g/mol. The van der Waals surface area contributed by atoms with E-state index in [1.54, 1.807) is 24.3 Å². The molecule has 5 rings (SSSR count). The number of aromatic amines is 1. The molecule has 154 valence electrons. The third kappa shape index (κ3) is 3.45. The number of hydrogen-bond acceptors (Lipinski definition) is 5. The Morgan fingerprint density at radius 1 is 1.20 bits per heavy atom. The minimum atomic E-state index is -0.0265. The van der Waals surface area contributed by atoms with Gasteiger partial charge in [-0.3, -0.25) is 19.8 Å². The van der Waals surface area contributed by atoms with Crippen LogP contribution >= 0.6 is 0 Å². The number of para-hydroxylation sites is 1. The van der Waals surface area contributed by atoms with E-state index in [0.29, 0.717) is 28.9 Å². The number of carbonyl (C=O) groups excluding carboxylic acids is 1. The van der Waals surface area contributed by atoms with Gasteiger partial charge in [0.25, 0.3) is 5.91 Å². The molecule has 7 heteroatoms. The highest BCUT2D eigenvalue weighted by Gasteiger charge is 2.43. The van der Waals surface area contributed by atoms with Crippen LogP contribution in [0.2, 0.25) is 0 Å². The number of benzene rings is 1. The van der Waals surface area contributed by atoms with Crippen molar-refractivity contribution in [1.82, 2.24) is 25.0 Å². The fourth-order valence-electron chi connectivity index (χ4n) is 4.67. The first kappa shape index (κ1) is 18.8. The summed E-state index contributed by atoms with van der Waals surface area (Å²) in [7, 11) is 0. The molecular formula is C23H25N5O2. The van der Waals surface area contributed by atoms with E-state index in [-0.39, 0.29) is 11.7 Å². The van der Waals surface area contributed by atoms with Crippen molar-refractivity contribution in [3.8, 4) is 17.0 Å². The lowest BCUT2D eigenvalue weighted by atomic mass is 9.82. The molecule has 0 aliphatic carbocycles. The van der Waals surface area contributed by atoms with Gasteiger partial charge >= 0.3 is 0 Å². The van der Waals surface area contributed by atoms with Crippen LogP contribution < -0.4 is 0 Å². The van der Waals surface area contributed by atoms with E-state index in [1.807, 2.05) is 24.0 Å². The van der Waals surface area contributed by atoms with Crippen LogP contribution in [0.3, 0.4) is 0 Å². The summed E-state index contributed by atoms with van der Waals surface area (Å²) < 4.78 is 0. The summed E-state index contributed by atoms with van der Waals surface area (Å²) in [5, 5.41) is 17.1. The number of phenolic OH excluding ortho intramolecular Hbond substituents is 1.